The van der Waals surface area contributed by atoms with Crippen LogP contribution in [0.15, 0.2) is 34.8 Å². The number of aryl methyl sites for hydroxylation is 2. The third kappa shape index (κ3) is 3.59. The van der Waals surface area contributed by atoms with Gasteiger partial charge in [-0.15, -0.1) is 0 Å². The fourth-order valence-electron chi connectivity index (χ4n) is 2.60. The summed E-state index contributed by atoms with van der Waals surface area (Å²) >= 11 is 3.55. The van der Waals surface area contributed by atoms with Gasteiger partial charge in [0, 0.05) is 4.47 Å². The quantitative estimate of drug-likeness (QED) is 0.767. The summed E-state index contributed by atoms with van der Waals surface area (Å²) in [6.45, 7) is 4.22. The average molecular weight is 349 g/mol. The fourth-order valence-corrected chi connectivity index (χ4v) is 3.09. The molecule has 21 heavy (non-hydrogen) atoms. The largest absolute Gasteiger partial charge is 0.496 e. The number of methoxy groups -OCH3 is 2. The van der Waals surface area contributed by atoms with Gasteiger partial charge in [0.15, 0.2) is 0 Å². The smallest absolute Gasteiger partial charge is 0.123 e. The highest BCUT2D eigenvalue weighted by atomic mass is 79.9. The monoisotopic (exact) mass is 348 g/mol. The summed E-state index contributed by atoms with van der Waals surface area (Å²) < 4.78 is 11.9. The molecule has 2 nitrogen and oxygen atoms in total. The van der Waals surface area contributed by atoms with Crippen molar-refractivity contribution in [3.05, 3.63) is 57.1 Å². The van der Waals surface area contributed by atoms with Crippen LogP contribution < -0.4 is 9.47 Å². The van der Waals surface area contributed by atoms with Crippen molar-refractivity contribution in [3.63, 3.8) is 0 Å². The molecule has 0 N–H and O–H groups in total. The van der Waals surface area contributed by atoms with Crippen LogP contribution in [0.1, 0.15) is 22.3 Å². The standard InChI is InChI=1S/C18H21BrO2/c1-12-14(6-5-7-17(12)20-3)8-9-15-10-16(19)11-18(21-4)13(15)2/h5-7,10-11H,8-9H2,1-4H3. The van der Waals surface area contributed by atoms with Crippen molar-refractivity contribution >= 4 is 15.9 Å². The molecule has 2 aromatic carbocycles. The minimum absolute atomic E-state index is 0.932. The van der Waals surface area contributed by atoms with Crippen LogP contribution in [0.2, 0.25) is 0 Å². The van der Waals surface area contributed by atoms with Gasteiger partial charge in [0.05, 0.1) is 14.2 Å². The Morgan fingerprint density at radius 1 is 0.857 bits per heavy atom. The Morgan fingerprint density at radius 2 is 1.48 bits per heavy atom. The lowest BCUT2D eigenvalue weighted by Crippen LogP contribution is -2.00. The van der Waals surface area contributed by atoms with Gasteiger partial charge in [-0.2, -0.15) is 0 Å². The van der Waals surface area contributed by atoms with E-state index in [4.69, 9.17) is 9.47 Å². The lowest BCUT2D eigenvalue weighted by Gasteiger charge is -2.13. The van der Waals surface area contributed by atoms with Crippen LogP contribution in [0.4, 0.5) is 0 Å². The topological polar surface area (TPSA) is 18.5 Å². The first-order valence-corrected chi connectivity index (χ1v) is 7.81. The Kier molecular flexibility index (Phi) is 5.29. The van der Waals surface area contributed by atoms with Gasteiger partial charge in [-0.25, -0.2) is 0 Å². The SMILES string of the molecule is COc1cccc(CCc2cc(Br)cc(OC)c2C)c1C. The second kappa shape index (κ2) is 6.99. The maximum atomic E-state index is 5.43. The van der Waals surface area contributed by atoms with Gasteiger partial charge < -0.3 is 9.47 Å². The predicted molar refractivity (Wildman–Crippen MR) is 90.6 cm³/mol. The average Bonchev–Trinajstić information content (AvgIpc) is 2.48. The summed E-state index contributed by atoms with van der Waals surface area (Å²) in [6.07, 6.45) is 1.97. The Labute approximate surface area is 135 Å². The van der Waals surface area contributed by atoms with E-state index in [1.807, 2.05) is 12.1 Å². The van der Waals surface area contributed by atoms with Crippen LogP contribution >= 0.6 is 15.9 Å². The molecule has 0 unspecified atom stereocenters. The van der Waals surface area contributed by atoms with E-state index in [1.54, 1.807) is 14.2 Å². The van der Waals surface area contributed by atoms with Gasteiger partial charge in [0.2, 0.25) is 0 Å². The maximum absolute atomic E-state index is 5.43. The van der Waals surface area contributed by atoms with Gasteiger partial charge in [-0.05, 0) is 67.1 Å². The maximum Gasteiger partial charge on any atom is 0.123 e. The molecule has 0 aromatic heterocycles. The van der Waals surface area contributed by atoms with Crippen LogP contribution in [-0.4, -0.2) is 14.2 Å². The molecule has 0 aliphatic heterocycles. The Bertz CT molecular complexity index is 635. The van der Waals surface area contributed by atoms with Crippen molar-refractivity contribution in [1.82, 2.24) is 0 Å². The van der Waals surface area contributed by atoms with Gasteiger partial charge in [-0.1, -0.05) is 28.1 Å². The zero-order chi connectivity index (χ0) is 15.4. The molecular weight excluding hydrogens is 328 g/mol. The molecule has 112 valence electrons. The summed E-state index contributed by atoms with van der Waals surface area (Å²) in [4.78, 5) is 0. The Hall–Kier alpha value is -1.48. The lowest BCUT2D eigenvalue weighted by molar-refractivity contribution is 0.410. The van der Waals surface area contributed by atoms with E-state index in [9.17, 15) is 0 Å². The van der Waals surface area contributed by atoms with Gasteiger partial charge in [0.25, 0.3) is 0 Å². The molecule has 0 aliphatic rings. The minimum Gasteiger partial charge on any atom is -0.496 e. The van der Waals surface area contributed by atoms with Crippen molar-refractivity contribution < 1.29 is 9.47 Å². The van der Waals surface area contributed by atoms with Crippen molar-refractivity contribution in [1.29, 1.82) is 0 Å². The molecule has 0 spiro atoms. The van der Waals surface area contributed by atoms with Crippen LogP contribution in [0, 0.1) is 13.8 Å². The predicted octanol–water partition coefficient (Wildman–Crippen LogP) is 4.87. The van der Waals surface area contributed by atoms with E-state index >= 15 is 0 Å². The van der Waals surface area contributed by atoms with Crippen LogP contribution in [-0.2, 0) is 12.8 Å². The van der Waals surface area contributed by atoms with Crippen molar-refractivity contribution in [3.8, 4) is 11.5 Å². The molecule has 0 saturated carbocycles. The van der Waals surface area contributed by atoms with Gasteiger partial charge >= 0.3 is 0 Å². The first-order chi connectivity index (χ1) is 10.1. The Balaban J connectivity index is 2.23. The van der Waals surface area contributed by atoms with Gasteiger partial charge in [0.1, 0.15) is 11.5 Å². The van der Waals surface area contributed by atoms with Crippen LogP contribution in [0.25, 0.3) is 0 Å². The van der Waals surface area contributed by atoms with E-state index in [0.717, 1.165) is 28.8 Å². The van der Waals surface area contributed by atoms with Crippen molar-refractivity contribution in [2.45, 2.75) is 26.7 Å². The highest BCUT2D eigenvalue weighted by molar-refractivity contribution is 9.10. The number of hydrogen-bond acceptors (Lipinski definition) is 2. The molecule has 0 aliphatic carbocycles. The number of hydrogen-bond donors (Lipinski definition) is 0. The molecular formula is C18H21BrO2. The first-order valence-electron chi connectivity index (χ1n) is 7.02. The van der Waals surface area contributed by atoms with Crippen LogP contribution in [0.5, 0.6) is 11.5 Å². The molecule has 0 heterocycles. The number of benzene rings is 2. The van der Waals surface area contributed by atoms with E-state index in [2.05, 4.69) is 48.0 Å². The van der Waals surface area contributed by atoms with Crippen molar-refractivity contribution in [2.75, 3.05) is 14.2 Å². The summed E-state index contributed by atoms with van der Waals surface area (Å²) in [5.41, 5.74) is 5.07. The van der Waals surface area contributed by atoms with E-state index in [1.165, 1.54) is 22.3 Å². The third-order valence-corrected chi connectivity index (χ3v) is 4.39. The summed E-state index contributed by atoms with van der Waals surface area (Å²) in [5.74, 6) is 1.89. The van der Waals surface area contributed by atoms with E-state index < -0.39 is 0 Å². The molecule has 0 bridgehead atoms. The number of ether oxygens (including phenoxy) is 2. The van der Waals surface area contributed by atoms with E-state index in [-0.39, 0.29) is 0 Å². The van der Waals surface area contributed by atoms with E-state index in [0.29, 0.717) is 0 Å². The molecule has 0 fully saturated rings. The Morgan fingerprint density at radius 3 is 2.14 bits per heavy atom. The molecule has 2 rings (SSSR count). The molecule has 2 aromatic rings. The molecule has 0 amide bonds. The number of halogens is 1. The zero-order valence-electron chi connectivity index (χ0n) is 13.0. The van der Waals surface area contributed by atoms with Crippen molar-refractivity contribution in [2.24, 2.45) is 0 Å². The first kappa shape index (κ1) is 15.9. The molecule has 0 atom stereocenters. The molecule has 0 saturated heterocycles. The summed E-state index contributed by atoms with van der Waals surface area (Å²) in [5, 5.41) is 0. The second-order valence-corrected chi connectivity index (χ2v) is 6.05. The fraction of sp³-hybridized carbons (Fsp3) is 0.333. The normalized spacial score (nSPS) is 10.5. The zero-order valence-corrected chi connectivity index (χ0v) is 14.6. The second-order valence-electron chi connectivity index (χ2n) is 5.14. The van der Waals surface area contributed by atoms with Gasteiger partial charge in [-0.3, -0.25) is 0 Å². The highest BCUT2D eigenvalue weighted by Gasteiger charge is 2.09. The molecule has 3 heteroatoms. The number of rotatable bonds is 5. The lowest BCUT2D eigenvalue weighted by atomic mass is 9.97. The molecule has 0 radical (unpaired) electrons. The third-order valence-electron chi connectivity index (χ3n) is 3.93. The summed E-state index contributed by atoms with van der Waals surface area (Å²) in [7, 11) is 3.43. The highest BCUT2D eigenvalue weighted by Crippen LogP contribution is 2.29. The summed E-state index contributed by atoms with van der Waals surface area (Å²) in [6, 6.07) is 10.4. The van der Waals surface area contributed by atoms with Crippen LogP contribution in [0.3, 0.4) is 0 Å². The minimum atomic E-state index is 0.932.